The molecule has 18 heavy (non-hydrogen) atoms. The largest absolute Gasteiger partial charge is 0.356 e. The van der Waals surface area contributed by atoms with Gasteiger partial charge in [0.1, 0.15) is 0 Å². The number of thiocarbonyl (C=S) groups is 1. The Kier molecular flexibility index (Phi) is 4.31. The second kappa shape index (κ2) is 6.17. The van der Waals surface area contributed by atoms with E-state index in [2.05, 4.69) is 29.7 Å². The van der Waals surface area contributed by atoms with Gasteiger partial charge in [-0.3, -0.25) is 0 Å². The number of hydrogen-bond acceptors (Lipinski definition) is 1. The summed E-state index contributed by atoms with van der Waals surface area (Å²) in [6.07, 6.45) is 0. The Morgan fingerprint density at radius 2 is 1.50 bits per heavy atom. The summed E-state index contributed by atoms with van der Waals surface area (Å²) in [4.78, 5) is 0. The number of hydrogen-bond donors (Lipinski definition) is 2. The van der Waals surface area contributed by atoms with E-state index in [1.807, 2.05) is 48.5 Å². The number of rotatable bonds is 3. The van der Waals surface area contributed by atoms with Gasteiger partial charge in [-0.1, -0.05) is 48.5 Å². The summed E-state index contributed by atoms with van der Waals surface area (Å²) in [7, 11) is 0. The maximum Gasteiger partial charge on any atom is 0.171 e. The smallest absolute Gasteiger partial charge is 0.171 e. The molecule has 1 atom stereocenters. The van der Waals surface area contributed by atoms with Gasteiger partial charge in [-0.15, -0.1) is 0 Å². The van der Waals surface area contributed by atoms with Gasteiger partial charge >= 0.3 is 0 Å². The van der Waals surface area contributed by atoms with E-state index >= 15 is 0 Å². The molecule has 2 aromatic rings. The van der Waals surface area contributed by atoms with E-state index in [0.29, 0.717) is 5.11 Å². The molecule has 0 radical (unpaired) electrons. The highest BCUT2D eigenvalue weighted by Crippen LogP contribution is 2.12. The van der Waals surface area contributed by atoms with E-state index in [-0.39, 0.29) is 6.04 Å². The molecule has 0 fully saturated rings. The SMILES string of the molecule is C[C@@H](NC(=S)Nc1ccccc1)c1ccccc1. The van der Waals surface area contributed by atoms with Crippen molar-refractivity contribution in [2.24, 2.45) is 0 Å². The van der Waals surface area contributed by atoms with Gasteiger partial charge in [-0.05, 0) is 36.8 Å². The van der Waals surface area contributed by atoms with Gasteiger partial charge in [-0.25, -0.2) is 0 Å². The minimum absolute atomic E-state index is 0.190. The van der Waals surface area contributed by atoms with E-state index in [1.54, 1.807) is 0 Å². The lowest BCUT2D eigenvalue weighted by Crippen LogP contribution is -2.30. The first-order chi connectivity index (χ1) is 8.75. The van der Waals surface area contributed by atoms with Crippen LogP contribution in [0.1, 0.15) is 18.5 Å². The summed E-state index contributed by atoms with van der Waals surface area (Å²) in [5.41, 5.74) is 2.21. The third kappa shape index (κ3) is 3.57. The number of benzene rings is 2. The molecule has 0 bridgehead atoms. The van der Waals surface area contributed by atoms with Gasteiger partial charge in [0, 0.05) is 5.69 Å². The highest BCUT2D eigenvalue weighted by atomic mass is 32.1. The summed E-state index contributed by atoms with van der Waals surface area (Å²) < 4.78 is 0. The predicted octanol–water partition coefficient (Wildman–Crippen LogP) is 3.73. The average molecular weight is 256 g/mol. The van der Waals surface area contributed by atoms with Crippen LogP contribution in [0.4, 0.5) is 5.69 Å². The predicted molar refractivity (Wildman–Crippen MR) is 80.7 cm³/mol. The molecule has 0 aliphatic heterocycles. The number of anilines is 1. The molecule has 0 unspecified atom stereocenters. The highest BCUT2D eigenvalue weighted by molar-refractivity contribution is 7.80. The lowest BCUT2D eigenvalue weighted by atomic mass is 10.1. The van der Waals surface area contributed by atoms with E-state index in [1.165, 1.54) is 5.56 Å². The van der Waals surface area contributed by atoms with Crippen molar-refractivity contribution in [2.75, 3.05) is 5.32 Å². The fourth-order valence-electron chi connectivity index (χ4n) is 1.71. The van der Waals surface area contributed by atoms with Crippen molar-refractivity contribution in [1.29, 1.82) is 0 Å². The highest BCUT2D eigenvalue weighted by Gasteiger charge is 2.05. The maximum absolute atomic E-state index is 5.29. The summed E-state index contributed by atoms with van der Waals surface area (Å²) >= 11 is 5.29. The minimum Gasteiger partial charge on any atom is -0.356 e. The van der Waals surface area contributed by atoms with E-state index in [4.69, 9.17) is 12.2 Å². The molecule has 0 heterocycles. The van der Waals surface area contributed by atoms with Crippen molar-refractivity contribution < 1.29 is 0 Å². The Balaban J connectivity index is 1.92. The summed E-state index contributed by atoms with van der Waals surface area (Å²) in [5, 5.41) is 7.06. The average Bonchev–Trinajstić information content (AvgIpc) is 2.40. The molecule has 2 N–H and O–H groups in total. The zero-order valence-electron chi connectivity index (χ0n) is 10.3. The molecule has 2 aromatic carbocycles. The summed E-state index contributed by atoms with van der Waals surface area (Å²) in [6.45, 7) is 2.09. The van der Waals surface area contributed by atoms with Gasteiger partial charge in [0.05, 0.1) is 6.04 Å². The molecule has 0 saturated heterocycles. The molecule has 2 rings (SSSR count). The minimum atomic E-state index is 0.190. The van der Waals surface area contributed by atoms with Crippen molar-refractivity contribution in [3.63, 3.8) is 0 Å². The van der Waals surface area contributed by atoms with Crippen LogP contribution in [0.15, 0.2) is 60.7 Å². The molecule has 3 heteroatoms. The topological polar surface area (TPSA) is 24.1 Å². The third-order valence-electron chi connectivity index (χ3n) is 2.68. The van der Waals surface area contributed by atoms with Crippen LogP contribution in [0, 0.1) is 0 Å². The molecular weight excluding hydrogens is 240 g/mol. The van der Waals surface area contributed by atoms with Crippen molar-refractivity contribution in [2.45, 2.75) is 13.0 Å². The second-order valence-electron chi connectivity index (χ2n) is 4.10. The van der Waals surface area contributed by atoms with Gasteiger partial charge in [0.2, 0.25) is 0 Å². The van der Waals surface area contributed by atoms with Crippen LogP contribution in [0.5, 0.6) is 0 Å². The first kappa shape index (κ1) is 12.6. The Bertz CT molecular complexity index is 496. The Hall–Kier alpha value is -1.87. The Labute approximate surface area is 113 Å². The first-order valence-corrected chi connectivity index (χ1v) is 6.34. The standard InChI is InChI=1S/C15H16N2S/c1-12(13-8-4-2-5-9-13)16-15(18)17-14-10-6-3-7-11-14/h2-12H,1H3,(H2,16,17,18)/t12-/m1/s1. The molecule has 0 aromatic heterocycles. The fourth-order valence-corrected chi connectivity index (χ4v) is 2.00. The number of nitrogens with one attached hydrogen (secondary N) is 2. The normalized spacial score (nSPS) is 11.6. The van der Waals surface area contributed by atoms with Crippen LogP contribution in [0.2, 0.25) is 0 Å². The molecule has 2 nitrogen and oxygen atoms in total. The second-order valence-corrected chi connectivity index (χ2v) is 4.51. The van der Waals surface area contributed by atoms with Gasteiger partial charge in [-0.2, -0.15) is 0 Å². The first-order valence-electron chi connectivity index (χ1n) is 5.93. The zero-order chi connectivity index (χ0) is 12.8. The molecule has 0 spiro atoms. The molecule has 0 aliphatic rings. The lowest BCUT2D eigenvalue weighted by molar-refractivity contribution is 0.722. The quantitative estimate of drug-likeness (QED) is 0.818. The zero-order valence-corrected chi connectivity index (χ0v) is 11.1. The van der Waals surface area contributed by atoms with Crippen LogP contribution in [0.3, 0.4) is 0 Å². The third-order valence-corrected chi connectivity index (χ3v) is 2.90. The number of para-hydroxylation sites is 1. The molecule has 0 amide bonds. The van der Waals surface area contributed by atoms with E-state index in [0.717, 1.165) is 5.69 Å². The maximum atomic E-state index is 5.29. The molecule has 0 aliphatic carbocycles. The molecular formula is C15H16N2S. The molecule has 92 valence electrons. The van der Waals surface area contributed by atoms with Gasteiger partial charge in [0.25, 0.3) is 0 Å². The van der Waals surface area contributed by atoms with E-state index in [9.17, 15) is 0 Å². The Morgan fingerprint density at radius 3 is 2.11 bits per heavy atom. The van der Waals surface area contributed by atoms with Crippen molar-refractivity contribution in [3.05, 3.63) is 66.2 Å². The van der Waals surface area contributed by atoms with Gasteiger partial charge < -0.3 is 10.6 Å². The van der Waals surface area contributed by atoms with Crippen molar-refractivity contribution >= 4 is 23.0 Å². The lowest BCUT2D eigenvalue weighted by Gasteiger charge is -2.17. The van der Waals surface area contributed by atoms with Crippen LogP contribution in [0.25, 0.3) is 0 Å². The van der Waals surface area contributed by atoms with Gasteiger partial charge in [0.15, 0.2) is 5.11 Å². The van der Waals surface area contributed by atoms with Crippen LogP contribution >= 0.6 is 12.2 Å². The van der Waals surface area contributed by atoms with Crippen LogP contribution in [-0.4, -0.2) is 5.11 Å². The van der Waals surface area contributed by atoms with Crippen LogP contribution in [-0.2, 0) is 0 Å². The monoisotopic (exact) mass is 256 g/mol. The summed E-state index contributed by atoms with van der Waals surface area (Å²) in [5.74, 6) is 0. The van der Waals surface area contributed by atoms with E-state index < -0.39 is 0 Å². The fraction of sp³-hybridized carbons (Fsp3) is 0.133. The Morgan fingerprint density at radius 1 is 0.944 bits per heavy atom. The van der Waals surface area contributed by atoms with Crippen molar-refractivity contribution in [3.8, 4) is 0 Å². The molecule has 0 saturated carbocycles. The summed E-state index contributed by atoms with van der Waals surface area (Å²) in [6, 6.07) is 20.3. The van der Waals surface area contributed by atoms with Crippen LogP contribution < -0.4 is 10.6 Å². The van der Waals surface area contributed by atoms with Crippen molar-refractivity contribution in [1.82, 2.24) is 5.32 Å².